The lowest BCUT2D eigenvalue weighted by Crippen LogP contribution is -2.28. The molecule has 0 fully saturated rings. The monoisotopic (exact) mass is 499 g/mol. The van der Waals surface area contributed by atoms with Gasteiger partial charge in [-0.05, 0) is 25.7 Å². The fourth-order valence-electron chi connectivity index (χ4n) is 3.92. The molecule has 0 saturated carbocycles. The largest absolute Gasteiger partial charge is 0.481 e. The van der Waals surface area contributed by atoms with Crippen LogP contribution in [0.4, 0.5) is 0 Å². The van der Waals surface area contributed by atoms with Gasteiger partial charge in [-0.2, -0.15) is 0 Å². The number of nitrogens with one attached hydrogen (secondary N) is 1. The van der Waals surface area contributed by atoms with Crippen LogP contribution in [-0.2, 0) is 23.9 Å². The Hall–Kier alpha value is -1.47. The third kappa shape index (κ3) is 28.7. The fourth-order valence-corrected chi connectivity index (χ4v) is 3.92. The van der Waals surface area contributed by atoms with Crippen molar-refractivity contribution in [2.75, 3.05) is 33.0 Å². The minimum atomic E-state index is -0.679. The predicted octanol–water partition coefficient (Wildman–Crippen LogP) is 6.22. The third-order valence-corrected chi connectivity index (χ3v) is 6.02. The standard InChI is InChI=1S/C28H53NO6/c1-2-21-29-27(31)25-35-24-23-34-22-17-19-26(30)18-15-13-11-9-7-5-3-4-6-8-10-12-14-16-20-28(32)33/h2-25H2,1H3,(H,29,31)(H,32,33). The van der Waals surface area contributed by atoms with E-state index in [9.17, 15) is 14.4 Å². The number of ketones is 1. The molecular weight excluding hydrogens is 446 g/mol. The Bertz CT molecular complexity index is 512. The van der Waals surface area contributed by atoms with Crippen LogP contribution in [0.25, 0.3) is 0 Å². The van der Waals surface area contributed by atoms with Crippen molar-refractivity contribution in [3.05, 3.63) is 0 Å². The zero-order valence-corrected chi connectivity index (χ0v) is 22.5. The van der Waals surface area contributed by atoms with Crippen LogP contribution < -0.4 is 5.32 Å². The van der Waals surface area contributed by atoms with Gasteiger partial charge in [0.05, 0.1) is 13.2 Å². The number of carboxylic acids is 1. The second-order valence-electron chi connectivity index (χ2n) is 9.50. The molecule has 7 heteroatoms. The van der Waals surface area contributed by atoms with Gasteiger partial charge < -0.3 is 19.9 Å². The number of carboxylic acid groups (broad SMARTS) is 1. The molecule has 0 unspecified atom stereocenters. The summed E-state index contributed by atoms with van der Waals surface area (Å²) in [7, 11) is 0. The molecule has 0 spiro atoms. The number of Topliss-reactive ketones (excluding diaryl/α,β-unsaturated/α-hetero) is 1. The molecule has 0 aromatic heterocycles. The zero-order valence-electron chi connectivity index (χ0n) is 22.5. The van der Waals surface area contributed by atoms with Crippen LogP contribution in [0.2, 0.25) is 0 Å². The smallest absolute Gasteiger partial charge is 0.303 e. The lowest BCUT2D eigenvalue weighted by Gasteiger charge is -2.06. The van der Waals surface area contributed by atoms with Gasteiger partial charge in [0.15, 0.2) is 0 Å². The van der Waals surface area contributed by atoms with Crippen molar-refractivity contribution in [3.8, 4) is 0 Å². The minimum Gasteiger partial charge on any atom is -0.481 e. The number of rotatable bonds is 28. The summed E-state index contributed by atoms with van der Waals surface area (Å²) in [5, 5.41) is 11.4. The highest BCUT2D eigenvalue weighted by Gasteiger charge is 2.03. The van der Waals surface area contributed by atoms with Gasteiger partial charge >= 0.3 is 5.97 Å². The first kappa shape index (κ1) is 33.5. The number of hydrogen-bond donors (Lipinski definition) is 2. The summed E-state index contributed by atoms with van der Waals surface area (Å²) in [6, 6.07) is 0. The molecule has 35 heavy (non-hydrogen) atoms. The maximum absolute atomic E-state index is 12.0. The van der Waals surface area contributed by atoms with E-state index in [1.165, 1.54) is 64.2 Å². The maximum Gasteiger partial charge on any atom is 0.303 e. The Balaban J connectivity index is 3.21. The zero-order chi connectivity index (χ0) is 25.8. The molecule has 0 aromatic rings. The minimum absolute atomic E-state index is 0.0712. The molecular formula is C28H53NO6. The van der Waals surface area contributed by atoms with Crippen LogP contribution in [-0.4, -0.2) is 55.7 Å². The molecule has 0 aliphatic carbocycles. The van der Waals surface area contributed by atoms with Gasteiger partial charge in [0, 0.05) is 32.4 Å². The van der Waals surface area contributed by atoms with E-state index in [4.69, 9.17) is 14.6 Å². The van der Waals surface area contributed by atoms with Crippen LogP contribution in [0.1, 0.15) is 129 Å². The van der Waals surface area contributed by atoms with Gasteiger partial charge in [-0.3, -0.25) is 14.4 Å². The van der Waals surface area contributed by atoms with E-state index in [0.29, 0.717) is 51.4 Å². The van der Waals surface area contributed by atoms with Crippen molar-refractivity contribution < 1.29 is 29.0 Å². The summed E-state index contributed by atoms with van der Waals surface area (Å²) in [5.74, 6) is -0.441. The molecule has 0 rings (SSSR count). The summed E-state index contributed by atoms with van der Waals surface area (Å²) in [4.78, 5) is 33.7. The molecule has 0 heterocycles. The predicted molar refractivity (Wildman–Crippen MR) is 141 cm³/mol. The van der Waals surface area contributed by atoms with Crippen LogP contribution in [0, 0.1) is 0 Å². The first-order valence-electron chi connectivity index (χ1n) is 14.2. The van der Waals surface area contributed by atoms with E-state index < -0.39 is 5.97 Å². The molecule has 7 nitrogen and oxygen atoms in total. The van der Waals surface area contributed by atoms with Crippen LogP contribution in [0.5, 0.6) is 0 Å². The molecule has 0 aliphatic heterocycles. The van der Waals surface area contributed by atoms with E-state index in [-0.39, 0.29) is 12.5 Å². The van der Waals surface area contributed by atoms with Crippen molar-refractivity contribution in [1.82, 2.24) is 5.32 Å². The summed E-state index contributed by atoms with van der Waals surface area (Å²) >= 11 is 0. The quantitative estimate of drug-likeness (QED) is 0.124. The van der Waals surface area contributed by atoms with E-state index in [2.05, 4.69) is 5.32 Å². The lowest BCUT2D eigenvalue weighted by atomic mass is 10.0. The van der Waals surface area contributed by atoms with Gasteiger partial charge in [0.25, 0.3) is 0 Å². The normalized spacial score (nSPS) is 11.0. The Morgan fingerprint density at radius 2 is 1.06 bits per heavy atom. The molecule has 1 amide bonds. The highest BCUT2D eigenvalue weighted by molar-refractivity contribution is 5.78. The topological polar surface area (TPSA) is 102 Å². The Labute approximate surface area is 214 Å². The summed E-state index contributed by atoms with van der Waals surface area (Å²) in [6.07, 6.45) is 20.0. The highest BCUT2D eigenvalue weighted by Crippen LogP contribution is 2.14. The fraction of sp³-hybridized carbons (Fsp3) is 0.893. The number of carbonyl (C=O) groups is 3. The molecule has 0 aromatic carbocycles. The maximum atomic E-state index is 12.0. The lowest BCUT2D eigenvalue weighted by molar-refractivity contribution is -0.137. The summed E-state index contributed by atoms with van der Waals surface area (Å²) in [6.45, 7) is 4.16. The highest BCUT2D eigenvalue weighted by atomic mass is 16.5. The van der Waals surface area contributed by atoms with Crippen molar-refractivity contribution in [3.63, 3.8) is 0 Å². The number of carbonyl (C=O) groups excluding carboxylic acids is 2. The van der Waals surface area contributed by atoms with Crippen LogP contribution in [0.15, 0.2) is 0 Å². The van der Waals surface area contributed by atoms with Gasteiger partial charge in [0.1, 0.15) is 12.4 Å². The van der Waals surface area contributed by atoms with E-state index in [1.54, 1.807) is 0 Å². The van der Waals surface area contributed by atoms with Gasteiger partial charge in [-0.1, -0.05) is 84.0 Å². The molecule has 0 radical (unpaired) electrons. The molecule has 206 valence electrons. The number of ether oxygens (including phenoxy) is 2. The van der Waals surface area contributed by atoms with Crippen LogP contribution >= 0.6 is 0 Å². The first-order valence-corrected chi connectivity index (χ1v) is 14.2. The Morgan fingerprint density at radius 1 is 0.600 bits per heavy atom. The molecule has 0 bridgehead atoms. The number of unbranched alkanes of at least 4 members (excludes halogenated alkanes) is 13. The molecule has 2 N–H and O–H groups in total. The third-order valence-electron chi connectivity index (χ3n) is 6.02. The number of amides is 1. The Morgan fingerprint density at radius 3 is 1.57 bits per heavy atom. The van der Waals surface area contributed by atoms with Crippen molar-refractivity contribution in [2.24, 2.45) is 0 Å². The van der Waals surface area contributed by atoms with Gasteiger partial charge in [-0.25, -0.2) is 0 Å². The second-order valence-corrected chi connectivity index (χ2v) is 9.50. The molecule has 0 atom stereocenters. The average molecular weight is 500 g/mol. The van der Waals surface area contributed by atoms with Crippen LogP contribution in [0.3, 0.4) is 0 Å². The molecule has 0 aliphatic rings. The van der Waals surface area contributed by atoms with Gasteiger partial charge in [-0.15, -0.1) is 0 Å². The average Bonchev–Trinajstić information content (AvgIpc) is 2.83. The van der Waals surface area contributed by atoms with Crippen molar-refractivity contribution in [2.45, 2.75) is 129 Å². The van der Waals surface area contributed by atoms with E-state index in [1.807, 2.05) is 6.92 Å². The molecule has 0 saturated heterocycles. The van der Waals surface area contributed by atoms with Crippen molar-refractivity contribution in [1.29, 1.82) is 0 Å². The first-order chi connectivity index (χ1) is 17.1. The second kappa shape index (κ2) is 27.1. The Kier molecular flexibility index (Phi) is 26.0. The van der Waals surface area contributed by atoms with Gasteiger partial charge in [0.2, 0.25) is 5.91 Å². The summed E-state index contributed by atoms with van der Waals surface area (Å²) in [5.41, 5.74) is 0. The van der Waals surface area contributed by atoms with E-state index in [0.717, 1.165) is 38.5 Å². The van der Waals surface area contributed by atoms with E-state index >= 15 is 0 Å². The SMILES string of the molecule is CCCNC(=O)COCCOCCCC(=O)CCCCCCCCCCCCCCCCC(=O)O. The summed E-state index contributed by atoms with van der Waals surface area (Å²) < 4.78 is 10.7. The number of aliphatic carboxylic acids is 1. The number of hydrogen-bond acceptors (Lipinski definition) is 5. The van der Waals surface area contributed by atoms with Crippen molar-refractivity contribution >= 4 is 17.7 Å².